The highest BCUT2D eigenvalue weighted by molar-refractivity contribution is 14.0. The molecule has 1 aliphatic heterocycles. The summed E-state index contributed by atoms with van der Waals surface area (Å²) >= 11 is 0. The van der Waals surface area contributed by atoms with Crippen LogP contribution in [0.15, 0.2) is 23.2 Å². The van der Waals surface area contributed by atoms with Crippen molar-refractivity contribution in [1.29, 1.82) is 0 Å². The molecule has 5 nitrogen and oxygen atoms in total. The minimum Gasteiger partial charge on any atom is -0.357 e. The molecule has 0 radical (unpaired) electrons. The Morgan fingerprint density at radius 2 is 2.11 bits per heavy atom. The van der Waals surface area contributed by atoms with Crippen molar-refractivity contribution in [3.63, 3.8) is 0 Å². The van der Waals surface area contributed by atoms with Crippen LogP contribution < -0.4 is 10.6 Å². The predicted octanol–water partition coefficient (Wildman–Crippen LogP) is 3.25. The van der Waals surface area contributed by atoms with Crippen molar-refractivity contribution >= 4 is 35.8 Å². The molecule has 0 spiro atoms. The molecule has 0 aliphatic carbocycles. The van der Waals surface area contributed by atoms with E-state index in [1.165, 1.54) is 12.1 Å². The molecule has 1 amide bonds. The smallest absolute Gasteiger partial charge is 0.222 e. The van der Waals surface area contributed by atoms with Gasteiger partial charge in [0.2, 0.25) is 5.91 Å². The number of guanidine groups is 1. The van der Waals surface area contributed by atoms with Gasteiger partial charge in [0.25, 0.3) is 0 Å². The van der Waals surface area contributed by atoms with Crippen LogP contribution in [0.1, 0.15) is 44.6 Å². The summed E-state index contributed by atoms with van der Waals surface area (Å²) in [6, 6.07) is 3.64. The van der Waals surface area contributed by atoms with E-state index in [2.05, 4.69) is 15.6 Å². The highest BCUT2D eigenvalue weighted by Gasteiger charge is 2.19. The van der Waals surface area contributed by atoms with Crippen LogP contribution in [0.25, 0.3) is 0 Å². The number of carbonyl (C=O) groups excluding carboxylic acids is 1. The molecule has 1 heterocycles. The zero-order chi connectivity index (χ0) is 18.9. The van der Waals surface area contributed by atoms with E-state index >= 15 is 0 Å². The second-order valence-electron chi connectivity index (χ2n) is 6.55. The summed E-state index contributed by atoms with van der Waals surface area (Å²) < 4.78 is 26.9. The maximum Gasteiger partial charge on any atom is 0.222 e. The third-order valence-electron chi connectivity index (χ3n) is 4.43. The van der Waals surface area contributed by atoms with E-state index in [9.17, 15) is 13.6 Å². The van der Waals surface area contributed by atoms with Gasteiger partial charge in [0.05, 0.1) is 0 Å². The summed E-state index contributed by atoms with van der Waals surface area (Å²) in [5, 5.41) is 6.39. The molecule has 152 valence electrons. The maximum atomic E-state index is 13.8. The van der Waals surface area contributed by atoms with E-state index in [1.54, 1.807) is 0 Å². The fourth-order valence-corrected chi connectivity index (χ4v) is 2.99. The van der Waals surface area contributed by atoms with Crippen LogP contribution in [0.4, 0.5) is 8.78 Å². The van der Waals surface area contributed by atoms with Crippen LogP contribution in [0.3, 0.4) is 0 Å². The van der Waals surface area contributed by atoms with Gasteiger partial charge >= 0.3 is 0 Å². The molecule has 8 heteroatoms. The van der Waals surface area contributed by atoms with Gasteiger partial charge in [-0.1, -0.05) is 13.0 Å². The van der Waals surface area contributed by atoms with Gasteiger partial charge in [-0.15, -0.1) is 24.0 Å². The highest BCUT2D eigenvalue weighted by atomic mass is 127. The monoisotopic (exact) mass is 494 g/mol. The van der Waals surface area contributed by atoms with Crippen molar-refractivity contribution in [2.75, 3.05) is 32.7 Å². The Bertz CT molecular complexity index is 642. The second kappa shape index (κ2) is 12.1. The van der Waals surface area contributed by atoms with E-state index in [-0.39, 0.29) is 35.8 Å². The summed E-state index contributed by atoms with van der Waals surface area (Å²) in [7, 11) is 0. The molecule has 0 saturated carbocycles. The third kappa shape index (κ3) is 7.59. The van der Waals surface area contributed by atoms with E-state index in [0.29, 0.717) is 31.0 Å². The molecular formula is C19H29F2IN4O. The van der Waals surface area contributed by atoms with E-state index < -0.39 is 11.6 Å². The minimum atomic E-state index is -0.576. The average molecular weight is 494 g/mol. The summed E-state index contributed by atoms with van der Waals surface area (Å²) in [5.74, 6) is -0.377. The SMILES string of the molecule is CCNC(=NCC(C)c1ccc(F)cc1F)NCCCN1CCCC1=O.I. The van der Waals surface area contributed by atoms with Gasteiger partial charge in [0.1, 0.15) is 11.6 Å². The normalized spacial score (nSPS) is 15.5. The number of nitrogens with one attached hydrogen (secondary N) is 2. The van der Waals surface area contributed by atoms with Crippen molar-refractivity contribution in [3.8, 4) is 0 Å². The average Bonchev–Trinajstić information content (AvgIpc) is 3.01. The van der Waals surface area contributed by atoms with Crippen LogP contribution in [-0.2, 0) is 4.79 Å². The third-order valence-corrected chi connectivity index (χ3v) is 4.43. The first-order chi connectivity index (χ1) is 12.5. The van der Waals surface area contributed by atoms with Gasteiger partial charge in [-0.05, 0) is 31.4 Å². The van der Waals surface area contributed by atoms with Gasteiger partial charge in [0.15, 0.2) is 5.96 Å². The van der Waals surface area contributed by atoms with Crippen LogP contribution >= 0.6 is 24.0 Å². The Balaban J connectivity index is 0.00000364. The van der Waals surface area contributed by atoms with Gasteiger partial charge in [-0.2, -0.15) is 0 Å². The molecule has 1 atom stereocenters. The number of likely N-dealkylation sites (tertiary alicyclic amines) is 1. The Kier molecular flexibility index (Phi) is 10.6. The number of carbonyl (C=O) groups is 1. The lowest BCUT2D eigenvalue weighted by Gasteiger charge is -2.17. The molecule has 1 aliphatic rings. The van der Waals surface area contributed by atoms with Gasteiger partial charge in [-0.25, -0.2) is 8.78 Å². The molecule has 2 rings (SSSR count). The molecule has 1 aromatic rings. The Labute approximate surface area is 177 Å². The standard InChI is InChI=1S/C19H28F2N4O.HI/c1-3-22-19(23-9-5-11-25-10-4-6-18(25)26)24-13-14(2)16-8-7-15(20)12-17(16)21;/h7-8,12,14H,3-6,9-11,13H2,1-2H3,(H2,22,23,24);1H. The number of nitrogens with zero attached hydrogens (tertiary/aromatic N) is 2. The van der Waals surface area contributed by atoms with Gasteiger partial charge in [-0.3, -0.25) is 9.79 Å². The first kappa shape index (κ1) is 23.6. The molecule has 2 N–H and O–H groups in total. The minimum absolute atomic E-state index is 0. The molecular weight excluding hydrogens is 465 g/mol. The van der Waals surface area contributed by atoms with Gasteiger partial charge < -0.3 is 15.5 Å². The number of aliphatic imine (C=N–C) groups is 1. The fourth-order valence-electron chi connectivity index (χ4n) is 2.99. The number of hydrogen-bond donors (Lipinski definition) is 2. The van der Waals surface area contributed by atoms with Crippen molar-refractivity contribution in [1.82, 2.24) is 15.5 Å². The highest BCUT2D eigenvalue weighted by Crippen LogP contribution is 2.20. The predicted molar refractivity (Wildman–Crippen MR) is 115 cm³/mol. The van der Waals surface area contributed by atoms with Crippen molar-refractivity contribution < 1.29 is 13.6 Å². The van der Waals surface area contributed by atoms with E-state index in [4.69, 9.17) is 0 Å². The van der Waals surface area contributed by atoms with Crippen molar-refractivity contribution in [2.24, 2.45) is 4.99 Å². The molecule has 0 bridgehead atoms. The largest absolute Gasteiger partial charge is 0.357 e. The first-order valence-corrected chi connectivity index (χ1v) is 9.26. The lowest BCUT2D eigenvalue weighted by atomic mass is 10.0. The summed E-state index contributed by atoms with van der Waals surface area (Å²) in [4.78, 5) is 18.0. The zero-order valence-corrected chi connectivity index (χ0v) is 18.3. The molecule has 1 unspecified atom stereocenters. The Hall–Kier alpha value is -1.45. The molecule has 1 aromatic carbocycles. The lowest BCUT2D eigenvalue weighted by Crippen LogP contribution is -2.39. The number of amides is 1. The molecule has 27 heavy (non-hydrogen) atoms. The summed E-state index contributed by atoms with van der Waals surface area (Å²) in [6.07, 6.45) is 2.46. The first-order valence-electron chi connectivity index (χ1n) is 9.26. The van der Waals surface area contributed by atoms with Crippen LogP contribution in [0, 0.1) is 11.6 Å². The van der Waals surface area contributed by atoms with Crippen molar-refractivity contribution in [3.05, 3.63) is 35.4 Å². The Morgan fingerprint density at radius 3 is 2.74 bits per heavy atom. The number of rotatable bonds is 8. The van der Waals surface area contributed by atoms with E-state index in [0.717, 1.165) is 38.5 Å². The quantitative estimate of drug-likeness (QED) is 0.253. The summed E-state index contributed by atoms with van der Waals surface area (Å²) in [5.41, 5.74) is 0.457. The van der Waals surface area contributed by atoms with Crippen LogP contribution in [0.2, 0.25) is 0 Å². The molecule has 1 saturated heterocycles. The zero-order valence-electron chi connectivity index (χ0n) is 15.9. The van der Waals surface area contributed by atoms with Crippen LogP contribution in [0.5, 0.6) is 0 Å². The number of hydrogen-bond acceptors (Lipinski definition) is 2. The maximum absolute atomic E-state index is 13.8. The lowest BCUT2D eigenvalue weighted by molar-refractivity contribution is -0.127. The number of benzene rings is 1. The second-order valence-corrected chi connectivity index (χ2v) is 6.55. The topological polar surface area (TPSA) is 56.7 Å². The molecule has 0 aromatic heterocycles. The Morgan fingerprint density at radius 1 is 1.33 bits per heavy atom. The number of halogens is 3. The van der Waals surface area contributed by atoms with E-state index in [1.807, 2.05) is 18.7 Å². The van der Waals surface area contributed by atoms with Gasteiger partial charge in [0, 0.05) is 51.1 Å². The van der Waals surface area contributed by atoms with Crippen LogP contribution in [-0.4, -0.2) is 49.5 Å². The fraction of sp³-hybridized carbons (Fsp3) is 0.579. The summed E-state index contributed by atoms with van der Waals surface area (Å²) in [6.45, 7) is 7.26. The molecule has 1 fully saturated rings. The van der Waals surface area contributed by atoms with Crippen molar-refractivity contribution in [2.45, 2.75) is 39.0 Å².